The zero-order chi connectivity index (χ0) is 21.1. The molecule has 1 saturated carbocycles. The number of thioether (sulfide) groups is 1. The van der Waals surface area contributed by atoms with Crippen molar-refractivity contribution in [2.45, 2.75) is 45.1 Å². The molecule has 1 amide bonds. The maximum atomic E-state index is 13.4. The Morgan fingerprint density at radius 3 is 2.53 bits per heavy atom. The zero-order valence-corrected chi connectivity index (χ0v) is 17.5. The van der Waals surface area contributed by atoms with Gasteiger partial charge in [0.05, 0.1) is 9.83 Å². The van der Waals surface area contributed by atoms with E-state index in [0.29, 0.717) is 15.9 Å². The van der Waals surface area contributed by atoms with Crippen LogP contribution in [0.2, 0.25) is 0 Å². The summed E-state index contributed by atoms with van der Waals surface area (Å²) in [6, 6.07) is 12.0. The molecule has 2 aromatic rings. The lowest BCUT2D eigenvalue weighted by Gasteiger charge is -2.30. The number of non-ortho nitro benzene ring substituents is 1. The van der Waals surface area contributed by atoms with Gasteiger partial charge in [0.2, 0.25) is 0 Å². The van der Waals surface area contributed by atoms with Crippen LogP contribution in [0, 0.1) is 10.1 Å². The van der Waals surface area contributed by atoms with Crippen molar-refractivity contribution in [3.63, 3.8) is 0 Å². The predicted octanol–water partition coefficient (Wildman–Crippen LogP) is 5.32. The Hall–Kier alpha value is -3.00. The van der Waals surface area contributed by atoms with Crippen molar-refractivity contribution in [2.75, 3.05) is 0 Å². The van der Waals surface area contributed by atoms with E-state index < -0.39 is 4.92 Å². The summed E-state index contributed by atoms with van der Waals surface area (Å²) in [7, 11) is 0. The molecule has 1 aromatic carbocycles. The molecule has 0 bridgehead atoms. The fourth-order valence-corrected chi connectivity index (χ4v) is 4.95. The van der Waals surface area contributed by atoms with Crippen molar-refractivity contribution >= 4 is 39.9 Å². The summed E-state index contributed by atoms with van der Waals surface area (Å²) >= 11 is 1.36. The lowest BCUT2D eigenvalue weighted by molar-refractivity contribution is -0.384. The number of carbonyl (C=O) groups excluding carboxylic acids is 1. The molecular formula is C22H22N4O3S. The number of benzene rings is 1. The Labute approximate surface area is 179 Å². The molecule has 0 radical (unpaired) electrons. The molecule has 0 atom stereocenters. The van der Waals surface area contributed by atoms with Gasteiger partial charge in [-0.3, -0.25) is 19.8 Å². The van der Waals surface area contributed by atoms with Gasteiger partial charge in [0.1, 0.15) is 0 Å². The molecule has 30 heavy (non-hydrogen) atoms. The van der Waals surface area contributed by atoms with Gasteiger partial charge in [-0.05, 0) is 66.9 Å². The van der Waals surface area contributed by atoms with Crippen LogP contribution in [0.25, 0.3) is 5.57 Å². The van der Waals surface area contributed by atoms with Crippen LogP contribution in [0.1, 0.15) is 44.6 Å². The Bertz CT molecular complexity index is 1010. The average Bonchev–Trinajstić information content (AvgIpc) is 3.10. The number of nitrogens with zero attached hydrogens (tertiary/aromatic N) is 4. The van der Waals surface area contributed by atoms with E-state index in [-0.39, 0.29) is 17.6 Å². The number of amides is 1. The second-order valence-electron chi connectivity index (χ2n) is 7.41. The summed E-state index contributed by atoms with van der Waals surface area (Å²) in [5, 5.41) is 11.6. The molecule has 0 spiro atoms. The molecule has 7 nitrogen and oxygen atoms in total. The number of rotatable bonds is 4. The number of pyridine rings is 1. The molecule has 1 aromatic heterocycles. The van der Waals surface area contributed by atoms with Crippen LogP contribution in [0.15, 0.2) is 58.6 Å². The molecule has 0 unspecified atom stereocenters. The van der Waals surface area contributed by atoms with Crippen molar-refractivity contribution in [1.82, 2.24) is 9.88 Å². The fraction of sp³-hybridized carbons (Fsp3) is 0.318. The summed E-state index contributed by atoms with van der Waals surface area (Å²) < 4.78 is 0. The highest BCUT2D eigenvalue weighted by atomic mass is 32.2. The molecule has 2 heterocycles. The predicted molar refractivity (Wildman–Crippen MR) is 118 cm³/mol. The van der Waals surface area contributed by atoms with Gasteiger partial charge >= 0.3 is 0 Å². The number of amidine groups is 1. The van der Waals surface area contributed by atoms with Gasteiger partial charge in [-0.15, -0.1) is 0 Å². The summed E-state index contributed by atoms with van der Waals surface area (Å²) in [5.41, 5.74) is 1.62. The van der Waals surface area contributed by atoms with E-state index in [9.17, 15) is 14.9 Å². The highest BCUT2D eigenvalue weighted by Crippen LogP contribution is 2.41. The van der Waals surface area contributed by atoms with E-state index in [4.69, 9.17) is 0 Å². The van der Waals surface area contributed by atoms with Gasteiger partial charge in [0.15, 0.2) is 11.0 Å². The first-order valence-electron chi connectivity index (χ1n) is 10.0. The summed E-state index contributed by atoms with van der Waals surface area (Å²) in [5.74, 6) is 0.528. The minimum Gasteiger partial charge on any atom is -0.283 e. The summed E-state index contributed by atoms with van der Waals surface area (Å²) in [4.78, 5) is 35.4. The monoisotopic (exact) mass is 422 g/mol. The molecule has 1 aliphatic carbocycles. The van der Waals surface area contributed by atoms with Crippen LogP contribution in [-0.2, 0) is 4.79 Å². The number of aromatic nitrogens is 1. The second-order valence-corrected chi connectivity index (χ2v) is 8.39. The highest BCUT2D eigenvalue weighted by molar-refractivity contribution is 8.18. The Morgan fingerprint density at radius 2 is 1.90 bits per heavy atom. The van der Waals surface area contributed by atoms with Gasteiger partial charge in [0, 0.05) is 24.4 Å². The largest absolute Gasteiger partial charge is 0.283 e. The first kappa shape index (κ1) is 20.3. The average molecular weight is 423 g/mol. The molecule has 2 fully saturated rings. The van der Waals surface area contributed by atoms with E-state index in [2.05, 4.69) is 9.98 Å². The normalized spacial score (nSPS) is 20.6. The van der Waals surface area contributed by atoms with Gasteiger partial charge in [0.25, 0.3) is 11.6 Å². The van der Waals surface area contributed by atoms with Crippen LogP contribution >= 0.6 is 11.8 Å². The first-order chi connectivity index (χ1) is 14.5. The fourth-order valence-electron chi connectivity index (χ4n) is 3.84. The quantitative estimate of drug-likeness (QED) is 0.378. The van der Waals surface area contributed by atoms with Crippen molar-refractivity contribution < 1.29 is 9.72 Å². The van der Waals surface area contributed by atoms with Crippen LogP contribution in [-0.4, -0.2) is 31.9 Å². The third kappa shape index (κ3) is 4.14. The van der Waals surface area contributed by atoms with Gasteiger partial charge < -0.3 is 0 Å². The van der Waals surface area contributed by atoms with Crippen molar-refractivity contribution in [1.29, 1.82) is 0 Å². The number of hydrogen-bond acceptors (Lipinski definition) is 6. The third-order valence-electron chi connectivity index (χ3n) is 5.46. The maximum Gasteiger partial charge on any atom is 0.269 e. The van der Waals surface area contributed by atoms with Gasteiger partial charge in [-0.25, -0.2) is 9.98 Å². The Kier molecular flexibility index (Phi) is 5.94. The van der Waals surface area contributed by atoms with Crippen LogP contribution in [0.4, 0.5) is 11.5 Å². The lowest BCUT2D eigenvalue weighted by Crippen LogP contribution is -2.40. The van der Waals surface area contributed by atoms with Crippen molar-refractivity contribution in [3.8, 4) is 0 Å². The molecule has 154 valence electrons. The summed E-state index contributed by atoms with van der Waals surface area (Å²) in [6.07, 6.45) is 7.04. The number of nitro benzene ring substituents is 1. The third-order valence-corrected chi connectivity index (χ3v) is 6.62. The van der Waals surface area contributed by atoms with Crippen molar-refractivity contribution in [2.24, 2.45) is 4.99 Å². The van der Waals surface area contributed by atoms with Gasteiger partial charge in [-0.2, -0.15) is 0 Å². The molecule has 1 aliphatic heterocycles. The maximum absolute atomic E-state index is 13.4. The molecule has 0 N–H and O–H groups in total. The first-order valence-corrected chi connectivity index (χ1v) is 10.8. The lowest BCUT2D eigenvalue weighted by atomic mass is 9.94. The molecular weight excluding hydrogens is 400 g/mol. The second kappa shape index (κ2) is 8.79. The van der Waals surface area contributed by atoms with Crippen LogP contribution in [0.5, 0.6) is 0 Å². The van der Waals surface area contributed by atoms with E-state index >= 15 is 0 Å². The van der Waals surface area contributed by atoms with E-state index in [1.807, 2.05) is 30.0 Å². The molecule has 8 heteroatoms. The van der Waals surface area contributed by atoms with E-state index in [1.165, 1.54) is 30.3 Å². The minimum atomic E-state index is -0.426. The van der Waals surface area contributed by atoms with E-state index in [1.54, 1.807) is 18.3 Å². The van der Waals surface area contributed by atoms with Crippen LogP contribution < -0.4 is 0 Å². The standard InChI is InChI=1S/C22H22N4O3S/c1-15(16-10-12-18(13-11-16)26(28)29)20-21(27)25(17-7-3-2-4-8-17)22(30-20)24-19-9-5-6-14-23-19/h5-6,9-14,17H,2-4,7-8H2,1H3/b20-15-,24-22+. The summed E-state index contributed by atoms with van der Waals surface area (Å²) in [6.45, 7) is 1.88. The smallest absolute Gasteiger partial charge is 0.269 e. The Balaban J connectivity index is 1.72. The van der Waals surface area contributed by atoms with Crippen molar-refractivity contribution in [3.05, 3.63) is 69.2 Å². The number of nitro groups is 1. The SMILES string of the molecule is C/C(=C1/S/C(=N/c2ccccn2)N(C2CCCCC2)C1=O)c1ccc([N+](=O)[O-])cc1. The topological polar surface area (TPSA) is 88.7 Å². The minimum absolute atomic E-state index is 0.0307. The molecule has 4 rings (SSSR count). The number of aliphatic imine (C=N–C) groups is 1. The van der Waals surface area contributed by atoms with Gasteiger partial charge in [-0.1, -0.05) is 25.3 Å². The zero-order valence-electron chi connectivity index (χ0n) is 16.7. The molecule has 2 aliphatic rings. The number of carbonyl (C=O) groups is 1. The Morgan fingerprint density at radius 1 is 1.17 bits per heavy atom. The number of allylic oxidation sites excluding steroid dienone is 1. The highest BCUT2D eigenvalue weighted by Gasteiger charge is 2.39. The van der Waals surface area contributed by atoms with Crippen LogP contribution in [0.3, 0.4) is 0 Å². The number of hydrogen-bond donors (Lipinski definition) is 0. The molecule has 1 saturated heterocycles. The van der Waals surface area contributed by atoms with E-state index in [0.717, 1.165) is 36.8 Å².